The molecule has 1 aliphatic heterocycles. The lowest BCUT2D eigenvalue weighted by Gasteiger charge is -2.01. The maximum absolute atomic E-state index is 10.8. The number of aliphatic hydroxyl groups excluding tert-OH is 1. The fourth-order valence-corrected chi connectivity index (χ4v) is 1.11. The first-order chi connectivity index (χ1) is 5.27. The number of nitriles is 1. The molecule has 0 aromatic carbocycles. The van der Waals surface area contributed by atoms with Crippen LogP contribution in [0.1, 0.15) is 12.8 Å². The minimum Gasteiger partial charge on any atom is -0.460 e. The second-order valence-electron chi connectivity index (χ2n) is 2.54. The molecule has 0 unspecified atom stereocenters. The van der Waals surface area contributed by atoms with Crippen LogP contribution < -0.4 is 0 Å². The lowest BCUT2D eigenvalue weighted by atomic mass is 10.0. The van der Waals surface area contributed by atoms with Gasteiger partial charge >= 0.3 is 5.97 Å². The molecule has 0 bridgehead atoms. The topological polar surface area (TPSA) is 70.3 Å². The fourth-order valence-electron chi connectivity index (χ4n) is 1.11. The largest absolute Gasteiger partial charge is 0.460 e. The molecule has 0 aliphatic carbocycles. The Hall–Kier alpha value is -1.08. The predicted molar refractivity (Wildman–Crippen MR) is 35.3 cm³/mol. The van der Waals surface area contributed by atoms with Crippen molar-refractivity contribution in [3.8, 4) is 6.07 Å². The number of ether oxygens (including phenoxy) is 1. The number of hydrogen-bond donors (Lipinski definition) is 1. The summed E-state index contributed by atoms with van der Waals surface area (Å²) in [5, 5.41) is 16.9. The predicted octanol–water partition coefficient (Wildman–Crippen LogP) is -0.176. The molecule has 1 heterocycles. The van der Waals surface area contributed by atoms with E-state index in [2.05, 4.69) is 0 Å². The molecule has 1 fully saturated rings. The average Bonchev–Trinajstić information content (AvgIpc) is 2.33. The van der Waals surface area contributed by atoms with E-state index in [9.17, 15) is 4.79 Å². The second kappa shape index (κ2) is 3.35. The Bertz CT molecular complexity index is 196. The van der Waals surface area contributed by atoms with Crippen LogP contribution in [0, 0.1) is 17.2 Å². The van der Waals surface area contributed by atoms with Gasteiger partial charge in [0.15, 0.2) is 0 Å². The van der Waals surface area contributed by atoms with Crippen molar-refractivity contribution in [3.05, 3.63) is 0 Å². The highest BCUT2D eigenvalue weighted by molar-refractivity contribution is 5.74. The van der Waals surface area contributed by atoms with Gasteiger partial charge in [0.05, 0.1) is 18.6 Å². The van der Waals surface area contributed by atoms with Gasteiger partial charge in [0.2, 0.25) is 0 Å². The van der Waals surface area contributed by atoms with E-state index < -0.39 is 0 Å². The third kappa shape index (κ3) is 1.69. The van der Waals surface area contributed by atoms with E-state index in [1.54, 1.807) is 0 Å². The molecule has 1 N–H and O–H groups in total. The van der Waals surface area contributed by atoms with Gasteiger partial charge in [-0.05, 0) is 0 Å². The van der Waals surface area contributed by atoms with Gasteiger partial charge in [-0.15, -0.1) is 0 Å². The van der Waals surface area contributed by atoms with E-state index in [0.29, 0.717) is 6.42 Å². The summed E-state index contributed by atoms with van der Waals surface area (Å²) in [5.41, 5.74) is 0. The second-order valence-corrected chi connectivity index (χ2v) is 2.54. The number of nitrogens with zero attached hydrogens (tertiary/aromatic N) is 1. The van der Waals surface area contributed by atoms with Gasteiger partial charge < -0.3 is 9.84 Å². The summed E-state index contributed by atoms with van der Waals surface area (Å²) in [4.78, 5) is 10.8. The van der Waals surface area contributed by atoms with E-state index in [4.69, 9.17) is 15.1 Å². The first-order valence-corrected chi connectivity index (χ1v) is 3.46. The summed E-state index contributed by atoms with van der Waals surface area (Å²) in [7, 11) is 0. The van der Waals surface area contributed by atoms with Crippen LogP contribution in [0.25, 0.3) is 0 Å². The molecule has 4 heteroatoms. The van der Waals surface area contributed by atoms with Crippen LogP contribution in [-0.2, 0) is 9.53 Å². The fraction of sp³-hybridized carbons (Fsp3) is 0.714. The molecule has 0 aromatic heterocycles. The van der Waals surface area contributed by atoms with Crippen molar-refractivity contribution in [2.75, 3.05) is 6.61 Å². The van der Waals surface area contributed by atoms with Crippen LogP contribution in [0.5, 0.6) is 0 Å². The maximum Gasteiger partial charge on any atom is 0.310 e. The van der Waals surface area contributed by atoms with Gasteiger partial charge in [0.1, 0.15) is 6.10 Å². The van der Waals surface area contributed by atoms with E-state index >= 15 is 0 Å². The maximum atomic E-state index is 10.8. The molecule has 4 nitrogen and oxygen atoms in total. The summed E-state index contributed by atoms with van der Waals surface area (Å²) in [6.07, 6.45) is 0.277. The normalized spacial score (nSPS) is 29.6. The van der Waals surface area contributed by atoms with Crippen molar-refractivity contribution < 1.29 is 14.6 Å². The zero-order valence-corrected chi connectivity index (χ0v) is 5.99. The summed E-state index contributed by atoms with van der Waals surface area (Å²) in [5.74, 6) is -0.678. The molecule has 1 aliphatic rings. The van der Waals surface area contributed by atoms with Crippen LogP contribution in [0.2, 0.25) is 0 Å². The Balaban J connectivity index is 2.46. The quantitative estimate of drug-likeness (QED) is 0.562. The molecular formula is C7H9NO3. The highest BCUT2D eigenvalue weighted by Gasteiger charge is 2.33. The smallest absolute Gasteiger partial charge is 0.310 e. The lowest BCUT2D eigenvalue weighted by molar-refractivity contribution is -0.145. The van der Waals surface area contributed by atoms with Gasteiger partial charge in [-0.2, -0.15) is 5.26 Å². The Morgan fingerprint density at radius 3 is 3.00 bits per heavy atom. The molecule has 0 aromatic rings. The number of carbonyl (C=O) groups excluding carboxylic acids is 1. The van der Waals surface area contributed by atoms with Crippen molar-refractivity contribution >= 4 is 5.97 Å². The summed E-state index contributed by atoms with van der Waals surface area (Å²) in [6.45, 7) is -0.145. The number of rotatable bonds is 2. The molecule has 0 spiro atoms. The summed E-state index contributed by atoms with van der Waals surface area (Å²) >= 11 is 0. The molecule has 1 saturated heterocycles. The highest BCUT2D eigenvalue weighted by atomic mass is 16.6. The zero-order chi connectivity index (χ0) is 8.27. The van der Waals surface area contributed by atoms with E-state index in [1.165, 1.54) is 0 Å². The minimum absolute atomic E-state index is 0.145. The summed E-state index contributed by atoms with van der Waals surface area (Å²) < 4.78 is 4.74. The van der Waals surface area contributed by atoms with Crippen LogP contribution in [-0.4, -0.2) is 23.8 Å². The van der Waals surface area contributed by atoms with Crippen LogP contribution in [0.3, 0.4) is 0 Å². The van der Waals surface area contributed by atoms with Crippen molar-refractivity contribution in [2.24, 2.45) is 5.92 Å². The molecule has 0 amide bonds. The molecule has 2 atom stereocenters. The van der Waals surface area contributed by atoms with Crippen LogP contribution in [0.4, 0.5) is 0 Å². The minimum atomic E-state index is -0.388. The van der Waals surface area contributed by atoms with Gasteiger partial charge in [-0.1, -0.05) is 0 Å². The van der Waals surface area contributed by atoms with E-state index in [-0.39, 0.29) is 31.0 Å². The van der Waals surface area contributed by atoms with Gasteiger partial charge in [-0.25, -0.2) is 0 Å². The Kier molecular flexibility index (Phi) is 2.44. The molecule has 0 radical (unpaired) electrons. The third-order valence-corrected chi connectivity index (χ3v) is 1.70. The number of cyclic esters (lactones) is 1. The first-order valence-electron chi connectivity index (χ1n) is 3.46. The van der Waals surface area contributed by atoms with E-state index in [0.717, 1.165) is 0 Å². The molecule has 11 heavy (non-hydrogen) atoms. The van der Waals surface area contributed by atoms with Gasteiger partial charge in [0.25, 0.3) is 0 Å². The van der Waals surface area contributed by atoms with Crippen LogP contribution >= 0.6 is 0 Å². The van der Waals surface area contributed by atoms with Gasteiger partial charge in [0, 0.05) is 12.8 Å². The monoisotopic (exact) mass is 155 g/mol. The standard InChI is InChI=1S/C7H9NO3/c8-2-1-5-3-6(4-9)11-7(5)10/h5-6,9H,1,3-4H2/t5-,6+/m0/s1. The van der Waals surface area contributed by atoms with E-state index in [1.807, 2.05) is 6.07 Å². The Morgan fingerprint density at radius 1 is 1.82 bits per heavy atom. The van der Waals surface area contributed by atoms with Crippen LogP contribution in [0.15, 0.2) is 0 Å². The number of esters is 1. The molecular weight excluding hydrogens is 146 g/mol. The lowest BCUT2D eigenvalue weighted by Crippen LogP contribution is -2.10. The number of aliphatic hydroxyl groups is 1. The highest BCUT2D eigenvalue weighted by Crippen LogP contribution is 2.22. The Labute approximate surface area is 64.4 Å². The van der Waals surface area contributed by atoms with Crippen molar-refractivity contribution in [2.45, 2.75) is 18.9 Å². The molecule has 60 valence electrons. The van der Waals surface area contributed by atoms with Crippen molar-refractivity contribution in [3.63, 3.8) is 0 Å². The number of carbonyl (C=O) groups is 1. The zero-order valence-electron chi connectivity index (χ0n) is 5.99. The number of hydrogen-bond acceptors (Lipinski definition) is 4. The average molecular weight is 155 g/mol. The van der Waals surface area contributed by atoms with Crippen molar-refractivity contribution in [1.29, 1.82) is 5.26 Å². The van der Waals surface area contributed by atoms with Gasteiger partial charge in [-0.3, -0.25) is 4.79 Å². The summed E-state index contributed by atoms with van der Waals surface area (Å²) in [6, 6.07) is 1.90. The Morgan fingerprint density at radius 2 is 2.55 bits per heavy atom. The molecule has 0 saturated carbocycles. The van der Waals surface area contributed by atoms with Crippen molar-refractivity contribution in [1.82, 2.24) is 0 Å². The first kappa shape index (κ1) is 8.02. The molecule has 1 rings (SSSR count). The SMILES string of the molecule is N#CC[C@H]1C[C@H](CO)OC1=O. The third-order valence-electron chi connectivity index (χ3n) is 1.70.